The molecule has 3 rings (SSSR count). The first kappa shape index (κ1) is 13.7. The van der Waals surface area contributed by atoms with E-state index in [4.69, 9.17) is 0 Å². The molecule has 108 valence electrons. The molecule has 1 aliphatic carbocycles. The second-order valence-corrected chi connectivity index (χ2v) is 6.43. The molecule has 1 fully saturated rings. The van der Waals surface area contributed by atoms with E-state index in [1.54, 1.807) is 0 Å². The largest absolute Gasteiger partial charge is 0.360 e. The monoisotopic (exact) mass is 271 g/mol. The van der Waals surface area contributed by atoms with Crippen LogP contribution in [0.5, 0.6) is 0 Å². The summed E-state index contributed by atoms with van der Waals surface area (Å²) in [7, 11) is 0. The number of nitrogens with zero attached hydrogens (tertiary/aromatic N) is 1. The lowest BCUT2D eigenvalue weighted by molar-refractivity contribution is -0.904. The first-order valence-electron chi connectivity index (χ1n) is 8.11. The Balaban J connectivity index is 1.49. The normalized spacial score (nSPS) is 24.1. The van der Waals surface area contributed by atoms with Crippen LogP contribution in [0.25, 0.3) is 0 Å². The van der Waals surface area contributed by atoms with E-state index in [2.05, 4.69) is 48.2 Å². The van der Waals surface area contributed by atoms with E-state index in [9.17, 15) is 0 Å². The molecule has 20 heavy (non-hydrogen) atoms. The van der Waals surface area contributed by atoms with E-state index < -0.39 is 0 Å². The fourth-order valence-electron chi connectivity index (χ4n) is 3.49. The molecule has 0 spiro atoms. The minimum Gasteiger partial charge on any atom is -0.360 e. The fourth-order valence-corrected chi connectivity index (χ4v) is 3.49. The van der Waals surface area contributed by atoms with Crippen molar-refractivity contribution in [2.24, 2.45) is 5.92 Å². The third kappa shape index (κ3) is 3.43. The molecule has 1 aromatic rings. The van der Waals surface area contributed by atoms with Gasteiger partial charge in [0, 0.05) is 11.6 Å². The summed E-state index contributed by atoms with van der Waals surface area (Å²) in [5, 5.41) is 0. The number of hydrogen-bond acceptors (Lipinski definition) is 1. The van der Waals surface area contributed by atoms with Gasteiger partial charge in [-0.3, -0.25) is 0 Å². The lowest BCUT2D eigenvalue weighted by Crippen LogP contribution is -3.15. The van der Waals surface area contributed by atoms with Gasteiger partial charge in [-0.2, -0.15) is 0 Å². The SMILES string of the molecule is Cc1ccc(N2CC[NH+](C[C@H]3CC=CCC3)CC2)cc1. The minimum absolute atomic E-state index is 0.931. The van der Waals surface area contributed by atoms with Gasteiger partial charge in [-0.15, -0.1) is 0 Å². The van der Waals surface area contributed by atoms with Crippen LogP contribution >= 0.6 is 0 Å². The number of piperazine rings is 1. The molecule has 1 heterocycles. The average Bonchev–Trinajstić information content (AvgIpc) is 2.50. The molecule has 0 radical (unpaired) electrons. The van der Waals surface area contributed by atoms with Crippen LogP contribution in [0, 0.1) is 12.8 Å². The second kappa shape index (κ2) is 6.45. The van der Waals surface area contributed by atoms with Crippen molar-refractivity contribution < 1.29 is 4.90 Å². The molecule has 2 nitrogen and oxygen atoms in total. The van der Waals surface area contributed by atoms with Crippen molar-refractivity contribution >= 4 is 5.69 Å². The number of aryl methyl sites for hydroxylation is 1. The smallest absolute Gasteiger partial charge is 0.0949 e. The van der Waals surface area contributed by atoms with E-state index in [1.807, 2.05) is 4.90 Å². The molecule has 1 aliphatic heterocycles. The van der Waals surface area contributed by atoms with Gasteiger partial charge in [0.15, 0.2) is 0 Å². The third-order valence-corrected chi connectivity index (χ3v) is 4.82. The minimum atomic E-state index is 0.931. The van der Waals surface area contributed by atoms with Gasteiger partial charge in [0.2, 0.25) is 0 Å². The van der Waals surface area contributed by atoms with Crippen LogP contribution in [0.2, 0.25) is 0 Å². The van der Waals surface area contributed by atoms with E-state index in [-0.39, 0.29) is 0 Å². The fraction of sp³-hybridized carbons (Fsp3) is 0.556. The van der Waals surface area contributed by atoms with Crippen LogP contribution < -0.4 is 9.80 Å². The maximum atomic E-state index is 2.55. The average molecular weight is 271 g/mol. The highest BCUT2D eigenvalue weighted by molar-refractivity contribution is 5.47. The molecule has 1 atom stereocenters. The van der Waals surface area contributed by atoms with Crippen LogP contribution in [-0.2, 0) is 0 Å². The highest BCUT2D eigenvalue weighted by Crippen LogP contribution is 2.17. The molecule has 1 aromatic carbocycles. The predicted octanol–water partition coefficient (Wildman–Crippen LogP) is 2.06. The number of quaternary nitrogens is 1. The Kier molecular flexibility index (Phi) is 4.41. The standard InChI is InChI=1S/C18H26N2/c1-16-7-9-18(10-8-16)20-13-11-19(12-14-20)15-17-5-3-2-4-6-17/h2-3,7-10,17H,4-6,11-15H2,1H3/p+1/t17-/m0/s1. The van der Waals surface area contributed by atoms with Crippen molar-refractivity contribution in [3.05, 3.63) is 42.0 Å². The van der Waals surface area contributed by atoms with Crippen LogP contribution in [0.1, 0.15) is 24.8 Å². The number of anilines is 1. The van der Waals surface area contributed by atoms with Crippen LogP contribution in [0.3, 0.4) is 0 Å². The van der Waals surface area contributed by atoms with Gasteiger partial charge in [0.05, 0.1) is 32.7 Å². The first-order valence-corrected chi connectivity index (χ1v) is 8.11. The molecular weight excluding hydrogens is 244 g/mol. The van der Waals surface area contributed by atoms with Crippen molar-refractivity contribution in [2.75, 3.05) is 37.6 Å². The number of allylic oxidation sites excluding steroid dienone is 2. The molecule has 1 N–H and O–H groups in total. The maximum Gasteiger partial charge on any atom is 0.0949 e. The molecule has 0 amide bonds. The van der Waals surface area contributed by atoms with Crippen molar-refractivity contribution in [1.29, 1.82) is 0 Å². The van der Waals surface area contributed by atoms with Crippen molar-refractivity contribution in [3.63, 3.8) is 0 Å². The number of rotatable bonds is 3. The molecule has 1 saturated heterocycles. The van der Waals surface area contributed by atoms with Gasteiger partial charge in [-0.1, -0.05) is 29.8 Å². The third-order valence-electron chi connectivity index (χ3n) is 4.82. The summed E-state index contributed by atoms with van der Waals surface area (Å²) in [6, 6.07) is 8.99. The summed E-state index contributed by atoms with van der Waals surface area (Å²) in [6.45, 7) is 8.56. The van der Waals surface area contributed by atoms with Gasteiger partial charge in [0.25, 0.3) is 0 Å². The summed E-state index contributed by atoms with van der Waals surface area (Å²) in [6.07, 6.45) is 8.75. The van der Waals surface area contributed by atoms with Gasteiger partial charge < -0.3 is 9.80 Å². The molecule has 0 unspecified atom stereocenters. The van der Waals surface area contributed by atoms with Crippen molar-refractivity contribution in [1.82, 2.24) is 0 Å². The molecule has 2 aliphatic rings. The lowest BCUT2D eigenvalue weighted by Gasteiger charge is -2.35. The molecule has 0 saturated carbocycles. The first-order chi connectivity index (χ1) is 9.81. The van der Waals surface area contributed by atoms with Crippen LogP contribution in [0.4, 0.5) is 5.69 Å². The van der Waals surface area contributed by atoms with E-state index >= 15 is 0 Å². The van der Waals surface area contributed by atoms with Gasteiger partial charge >= 0.3 is 0 Å². The Labute approximate surface area is 123 Å². The highest BCUT2D eigenvalue weighted by Gasteiger charge is 2.23. The summed E-state index contributed by atoms with van der Waals surface area (Å²) in [5.41, 5.74) is 2.75. The Hall–Kier alpha value is -1.28. The van der Waals surface area contributed by atoms with Crippen LogP contribution in [0.15, 0.2) is 36.4 Å². The predicted molar refractivity (Wildman–Crippen MR) is 85.4 cm³/mol. The Morgan fingerprint density at radius 1 is 1.10 bits per heavy atom. The van der Waals surface area contributed by atoms with Crippen LogP contribution in [-0.4, -0.2) is 32.7 Å². The van der Waals surface area contributed by atoms with Gasteiger partial charge in [-0.05, 0) is 38.3 Å². The van der Waals surface area contributed by atoms with E-state index in [1.165, 1.54) is 63.2 Å². The highest BCUT2D eigenvalue weighted by atomic mass is 15.3. The Morgan fingerprint density at radius 3 is 2.50 bits per heavy atom. The number of nitrogens with one attached hydrogen (secondary N) is 1. The molecule has 2 heteroatoms. The molecular formula is C18H27N2+. The molecule has 0 aromatic heterocycles. The summed E-state index contributed by atoms with van der Waals surface area (Å²) < 4.78 is 0. The summed E-state index contributed by atoms with van der Waals surface area (Å²) >= 11 is 0. The topological polar surface area (TPSA) is 7.68 Å². The number of hydrogen-bond donors (Lipinski definition) is 1. The van der Waals surface area contributed by atoms with Crippen molar-refractivity contribution in [3.8, 4) is 0 Å². The number of benzene rings is 1. The quantitative estimate of drug-likeness (QED) is 0.827. The summed E-state index contributed by atoms with van der Waals surface area (Å²) in [5.74, 6) is 0.931. The molecule has 0 bridgehead atoms. The summed E-state index contributed by atoms with van der Waals surface area (Å²) in [4.78, 5) is 4.36. The Bertz CT molecular complexity index is 441. The maximum absolute atomic E-state index is 2.55. The van der Waals surface area contributed by atoms with Gasteiger partial charge in [0.1, 0.15) is 0 Å². The zero-order valence-corrected chi connectivity index (χ0v) is 12.6. The van der Waals surface area contributed by atoms with Crippen molar-refractivity contribution in [2.45, 2.75) is 26.2 Å². The Morgan fingerprint density at radius 2 is 1.85 bits per heavy atom. The zero-order chi connectivity index (χ0) is 13.8. The van der Waals surface area contributed by atoms with E-state index in [0.717, 1.165) is 5.92 Å². The van der Waals surface area contributed by atoms with E-state index in [0.29, 0.717) is 0 Å². The van der Waals surface area contributed by atoms with Gasteiger partial charge in [-0.25, -0.2) is 0 Å². The zero-order valence-electron chi connectivity index (χ0n) is 12.6. The second-order valence-electron chi connectivity index (χ2n) is 6.43. The lowest BCUT2D eigenvalue weighted by atomic mass is 9.94.